The van der Waals surface area contributed by atoms with Crippen LogP contribution in [0.3, 0.4) is 0 Å². The first-order valence-corrected chi connectivity index (χ1v) is 6.35. The number of benzene rings is 1. The maximum absolute atomic E-state index is 6.09. The molecule has 17 heavy (non-hydrogen) atoms. The number of rotatable bonds is 4. The first kappa shape index (κ1) is 12.6. The second kappa shape index (κ2) is 4.43. The molecule has 0 aromatic heterocycles. The minimum Gasteiger partial charge on any atom is -0.379 e. The fourth-order valence-corrected chi connectivity index (χ4v) is 2.34. The lowest BCUT2D eigenvalue weighted by Gasteiger charge is -2.43. The molecule has 1 saturated heterocycles. The summed E-state index contributed by atoms with van der Waals surface area (Å²) in [5, 5.41) is 0. The Bertz CT molecular complexity index is 388. The zero-order chi connectivity index (χ0) is 12.5. The van der Waals surface area contributed by atoms with Gasteiger partial charge >= 0.3 is 0 Å². The third-order valence-corrected chi connectivity index (χ3v) is 3.64. The fraction of sp³-hybridized carbons (Fsp3) is 0.600. The molecule has 94 valence electrons. The Labute approximate surface area is 104 Å². The van der Waals surface area contributed by atoms with E-state index in [1.165, 1.54) is 11.1 Å². The van der Waals surface area contributed by atoms with E-state index in [4.69, 9.17) is 10.5 Å². The van der Waals surface area contributed by atoms with Gasteiger partial charge in [-0.25, -0.2) is 0 Å². The standard InChI is InChI=1S/C15H23NO/c1-12-5-4-6-13(9-12)15(10-17-11-15)8-7-14(2,3)16/h4-6,9H,7-8,10-11,16H2,1-3H3. The van der Waals surface area contributed by atoms with Gasteiger partial charge in [0.15, 0.2) is 0 Å². The van der Waals surface area contributed by atoms with Crippen molar-refractivity contribution in [3.05, 3.63) is 35.4 Å². The van der Waals surface area contributed by atoms with Gasteiger partial charge < -0.3 is 10.5 Å². The number of aryl methyl sites for hydroxylation is 1. The summed E-state index contributed by atoms with van der Waals surface area (Å²) < 4.78 is 5.46. The fourth-order valence-electron chi connectivity index (χ4n) is 2.34. The average Bonchev–Trinajstić information content (AvgIpc) is 2.14. The van der Waals surface area contributed by atoms with Crippen LogP contribution in [0.1, 0.15) is 37.8 Å². The van der Waals surface area contributed by atoms with Crippen LogP contribution in [0.4, 0.5) is 0 Å². The van der Waals surface area contributed by atoms with Gasteiger partial charge in [0.2, 0.25) is 0 Å². The van der Waals surface area contributed by atoms with E-state index in [1.54, 1.807) is 0 Å². The first-order chi connectivity index (χ1) is 7.91. The molecule has 1 aromatic carbocycles. The van der Waals surface area contributed by atoms with Crippen molar-refractivity contribution < 1.29 is 4.74 Å². The maximum Gasteiger partial charge on any atom is 0.0585 e. The van der Waals surface area contributed by atoms with Gasteiger partial charge in [-0.15, -0.1) is 0 Å². The van der Waals surface area contributed by atoms with E-state index < -0.39 is 0 Å². The summed E-state index contributed by atoms with van der Waals surface area (Å²) >= 11 is 0. The minimum atomic E-state index is -0.0909. The predicted molar refractivity (Wildman–Crippen MR) is 71.2 cm³/mol. The predicted octanol–water partition coefficient (Wildman–Crippen LogP) is 2.78. The van der Waals surface area contributed by atoms with Crippen LogP contribution < -0.4 is 5.73 Å². The number of ether oxygens (including phenoxy) is 1. The Balaban J connectivity index is 2.14. The van der Waals surface area contributed by atoms with E-state index in [9.17, 15) is 0 Å². The molecule has 0 atom stereocenters. The van der Waals surface area contributed by atoms with Crippen LogP contribution in [0.25, 0.3) is 0 Å². The average molecular weight is 233 g/mol. The number of nitrogens with two attached hydrogens (primary N) is 1. The molecule has 1 fully saturated rings. The minimum absolute atomic E-state index is 0.0909. The third-order valence-electron chi connectivity index (χ3n) is 3.64. The summed E-state index contributed by atoms with van der Waals surface area (Å²) in [5.41, 5.74) is 8.94. The molecule has 0 saturated carbocycles. The monoisotopic (exact) mass is 233 g/mol. The summed E-state index contributed by atoms with van der Waals surface area (Å²) in [5.74, 6) is 0. The van der Waals surface area contributed by atoms with E-state index in [0.29, 0.717) is 0 Å². The molecule has 2 rings (SSSR count). The van der Waals surface area contributed by atoms with Crippen LogP contribution in [0, 0.1) is 6.92 Å². The molecule has 0 aliphatic carbocycles. The van der Waals surface area contributed by atoms with Crippen LogP contribution in [-0.4, -0.2) is 18.8 Å². The molecule has 2 nitrogen and oxygen atoms in total. The molecule has 1 aromatic rings. The van der Waals surface area contributed by atoms with Gasteiger partial charge in [-0.05, 0) is 39.2 Å². The van der Waals surface area contributed by atoms with Crippen LogP contribution in [0.5, 0.6) is 0 Å². The van der Waals surface area contributed by atoms with E-state index >= 15 is 0 Å². The van der Waals surface area contributed by atoms with Gasteiger partial charge in [-0.3, -0.25) is 0 Å². The quantitative estimate of drug-likeness (QED) is 0.868. The van der Waals surface area contributed by atoms with Crippen molar-refractivity contribution in [2.24, 2.45) is 5.73 Å². The van der Waals surface area contributed by atoms with Crippen molar-refractivity contribution >= 4 is 0 Å². The van der Waals surface area contributed by atoms with E-state index in [2.05, 4.69) is 45.0 Å². The van der Waals surface area contributed by atoms with Crippen molar-refractivity contribution in [1.82, 2.24) is 0 Å². The molecule has 0 radical (unpaired) electrons. The molecule has 0 bridgehead atoms. The highest BCUT2D eigenvalue weighted by atomic mass is 16.5. The van der Waals surface area contributed by atoms with Crippen molar-refractivity contribution in [2.45, 2.75) is 44.6 Å². The molecule has 2 heteroatoms. The highest BCUT2D eigenvalue weighted by molar-refractivity contribution is 5.31. The topological polar surface area (TPSA) is 35.2 Å². The van der Waals surface area contributed by atoms with E-state index in [-0.39, 0.29) is 11.0 Å². The zero-order valence-corrected chi connectivity index (χ0v) is 11.1. The lowest BCUT2D eigenvalue weighted by Crippen LogP contribution is -2.48. The van der Waals surface area contributed by atoms with E-state index in [1.807, 2.05) is 0 Å². The van der Waals surface area contributed by atoms with Gasteiger partial charge in [0.25, 0.3) is 0 Å². The summed E-state index contributed by atoms with van der Waals surface area (Å²) in [7, 11) is 0. The molecule has 1 heterocycles. The second-order valence-electron chi connectivity index (χ2n) is 6.13. The Morgan fingerprint density at radius 3 is 2.53 bits per heavy atom. The van der Waals surface area contributed by atoms with Gasteiger partial charge in [-0.2, -0.15) is 0 Å². The van der Waals surface area contributed by atoms with Crippen LogP contribution in [-0.2, 0) is 10.2 Å². The Morgan fingerprint density at radius 2 is 2.06 bits per heavy atom. The third kappa shape index (κ3) is 2.88. The summed E-state index contributed by atoms with van der Waals surface area (Å²) in [6, 6.07) is 8.78. The number of hydrogen-bond acceptors (Lipinski definition) is 2. The molecular weight excluding hydrogens is 210 g/mol. The zero-order valence-electron chi connectivity index (χ0n) is 11.1. The van der Waals surface area contributed by atoms with Crippen molar-refractivity contribution in [3.8, 4) is 0 Å². The van der Waals surface area contributed by atoms with Crippen molar-refractivity contribution in [1.29, 1.82) is 0 Å². The summed E-state index contributed by atoms with van der Waals surface area (Å²) in [6.07, 6.45) is 2.14. The molecule has 0 unspecified atom stereocenters. The SMILES string of the molecule is Cc1cccc(C2(CCC(C)(C)N)COC2)c1. The Kier molecular flexibility index (Phi) is 3.28. The smallest absolute Gasteiger partial charge is 0.0585 e. The summed E-state index contributed by atoms with van der Waals surface area (Å²) in [6.45, 7) is 8.01. The van der Waals surface area contributed by atoms with Crippen molar-refractivity contribution in [2.75, 3.05) is 13.2 Å². The molecule has 1 aliphatic heterocycles. The van der Waals surface area contributed by atoms with Gasteiger partial charge in [0.1, 0.15) is 0 Å². The Morgan fingerprint density at radius 1 is 1.35 bits per heavy atom. The van der Waals surface area contributed by atoms with Crippen molar-refractivity contribution in [3.63, 3.8) is 0 Å². The Hall–Kier alpha value is -0.860. The maximum atomic E-state index is 6.09. The lowest BCUT2D eigenvalue weighted by molar-refractivity contribution is -0.0669. The molecule has 0 amide bonds. The largest absolute Gasteiger partial charge is 0.379 e. The van der Waals surface area contributed by atoms with E-state index in [0.717, 1.165) is 26.1 Å². The molecule has 0 spiro atoms. The lowest BCUT2D eigenvalue weighted by atomic mass is 9.73. The van der Waals surface area contributed by atoms with Crippen LogP contribution in [0.15, 0.2) is 24.3 Å². The highest BCUT2D eigenvalue weighted by Crippen LogP contribution is 2.38. The van der Waals surface area contributed by atoms with Gasteiger partial charge in [0, 0.05) is 11.0 Å². The van der Waals surface area contributed by atoms with Gasteiger partial charge in [-0.1, -0.05) is 29.8 Å². The van der Waals surface area contributed by atoms with Gasteiger partial charge in [0.05, 0.1) is 13.2 Å². The molecule has 1 aliphatic rings. The van der Waals surface area contributed by atoms with Crippen LogP contribution in [0.2, 0.25) is 0 Å². The number of hydrogen-bond donors (Lipinski definition) is 1. The second-order valence-corrected chi connectivity index (χ2v) is 6.13. The highest BCUT2D eigenvalue weighted by Gasteiger charge is 2.40. The van der Waals surface area contributed by atoms with Crippen LogP contribution >= 0.6 is 0 Å². The summed E-state index contributed by atoms with van der Waals surface area (Å²) in [4.78, 5) is 0. The molecular formula is C15H23NO. The molecule has 2 N–H and O–H groups in total. The normalized spacial score (nSPS) is 18.8. The first-order valence-electron chi connectivity index (χ1n) is 6.35.